The van der Waals surface area contributed by atoms with Gasteiger partial charge >= 0.3 is 0 Å². The van der Waals surface area contributed by atoms with Gasteiger partial charge < -0.3 is 14.8 Å². The van der Waals surface area contributed by atoms with Crippen LogP contribution < -0.4 is 10.2 Å². The van der Waals surface area contributed by atoms with Gasteiger partial charge in [0.05, 0.1) is 17.9 Å². The minimum atomic E-state index is -0.109. The molecular formula is C23H23N3O2. The standard InChI is InChI=1S/C23H23N3O2/c1-17-8-10-18(11-9-17)15-24-22(27)12-13-23(28)26-16-19-5-4-14-25(19)20-6-2-3-7-21(20)26/h2-11,14H,12-13,15-16H2,1H3,(H,24,27). The Bertz CT molecular complexity index is 1000. The van der Waals surface area contributed by atoms with E-state index in [2.05, 4.69) is 9.88 Å². The van der Waals surface area contributed by atoms with Crippen LogP contribution in [0.25, 0.3) is 5.69 Å². The lowest BCUT2D eigenvalue weighted by Crippen LogP contribution is -2.35. The highest BCUT2D eigenvalue weighted by Crippen LogP contribution is 2.32. The highest BCUT2D eigenvalue weighted by molar-refractivity contribution is 5.97. The molecule has 1 aliphatic rings. The van der Waals surface area contributed by atoms with Crippen molar-refractivity contribution in [3.63, 3.8) is 0 Å². The Balaban J connectivity index is 1.36. The number of rotatable bonds is 5. The van der Waals surface area contributed by atoms with Crippen molar-refractivity contribution in [1.82, 2.24) is 9.88 Å². The van der Waals surface area contributed by atoms with Gasteiger partial charge in [-0.2, -0.15) is 0 Å². The zero-order chi connectivity index (χ0) is 19.5. The second-order valence-corrected chi connectivity index (χ2v) is 7.10. The monoisotopic (exact) mass is 373 g/mol. The van der Waals surface area contributed by atoms with Crippen molar-refractivity contribution in [1.29, 1.82) is 0 Å². The zero-order valence-electron chi connectivity index (χ0n) is 15.9. The molecule has 0 atom stereocenters. The molecule has 5 nitrogen and oxygen atoms in total. The summed E-state index contributed by atoms with van der Waals surface area (Å²) in [6.45, 7) is 3.03. The minimum absolute atomic E-state index is 0.0367. The molecule has 2 aromatic carbocycles. The quantitative estimate of drug-likeness (QED) is 0.741. The van der Waals surface area contributed by atoms with Crippen molar-refractivity contribution in [2.75, 3.05) is 4.90 Å². The molecule has 142 valence electrons. The number of amides is 2. The number of para-hydroxylation sites is 2. The Morgan fingerprint density at radius 2 is 1.68 bits per heavy atom. The molecule has 28 heavy (non-hydrogen) atoms. The number of hydrogen-bond acceptors (Lipinski definition) is 2. The molecule has 2 heterocycles. The summed E-state index contributed by atoms with van der Waals surface area (Å²) < 4.78 is 2.10. The van der Waals surface area contributed by atoms with Gasteiger partial charge in [-0.1, -0.05) is 42.0 Å². The maximum absolute atomic E-state index is 12.8. The van der Waals surface area contributed by atoms with Crippen LogP contribution in [0.15, 0.2) is 66.9 Å². The molecule has 0 spiro atoms. The summed E-state index contributed by atoms with van der Waals surface area (Å²) in [4.78, 5) is 26.8. The minimum Gasteiger partial charge on any atom is -0.352 e. The highest BCUT2D eigenvalue weighted by atomic mass is 16.2. The van der Waals surface area contributed by atoms with Crippen LogP contribution in [-0.4, -0.2) is 16.4 Å². The van der Waals surface area contributed by atoms with Crippen molar-refractivity contribution >= 4 is 17.5 Å². The van der Waals surface area contributed by atoms with Crippen molar-refractivity contribution in [2.45, 2.75) is 32.9 Å². The fraction of sp³-hybridized carbons (Fsp3) is 0.217. The molecule has 0 bridgehead atoms. The van der Waals surface area contributed by atoms with E-state index in [0.29, 0.717) is 13.1 Å². The number of anilines is 1. The van der Waals surface area contributed by atoms with E-state index in [1.165, 1.54) is 5.56 Å². The number of hydrogen-bond donors (Lipinski definition) is 1. The number of nitrogens with one attached hydrogen (secondary N) is 1. The van der Waals surface area contributed by atoms with Crippen LogP contribution in [0.1, 0.15) is 29.7 Å². The molecule has 3 aromatic rings. The van der Waals surface area contributed by atoms with Gasteiger partial charge in [-0.3, -0.25) is 9.59 Å². The molecule has 0 fully saturated rings. The SMILES string of the molecule is Cc1ccc(CNC(=O)CCC(=O)N2Cc3cccn3-c3ccccc32)cc1. The fourth-order valence-electron chi connectivity index (χ4n) is 3.50. The Kier molecular flexibility index (Phi) is 4.98. The van der Waals surface area contributed by atoms with Gasteiger partial charge in [0.25, 0.3) is 0 Å². The fourth-order valence-corrected chi connectivity index (χ4v) is 3.50. The lowest BCUT2D eigenvalue weighted by molar-refractivity contribution is -0.125. The van der Waals surface area contributed by atoms with Crippen LogP contribution in [0, 0.1) is 6.92 Å². The molecule has 0 aliphatic carbocycles. The number of aryl methyl sites for hydroxylation is 1. The maximum Gasteiger partial charge on any atom is 0.227 e. The highest BCUT2D eigenvalue weighted by Gasteiger charge is 2.25. The number of fused-ring (bicyclic) bond motifs is 3. The molecule has 5 heteroatoms. The Hall–Kier alpha value is -3.34. The molecule has 1 aromatic heterocycles. The van der Waals surface area contributed by atoms with Crippen molar-refractivity contribution in [3.05, 3.63) is 83.7 Å². The van der Waals surface area contributed by atoms with Crippen LogP contribution >= 0.6 is 0 Å². The topological polar surface area (TPSA) is 54.3 Å². The van der Waals surface area contributed by atoms with Gasteiger partial charge in [0.1, 0.15) is 0 Å². The normalized spacial score (nSPS) is 12.2. The van der Waals surface area contributed by atoms with Crippen LogP contribution in [0.3, 0.4) is 0 Å². The second kappa shape index (κ2) is 7.72. The van der Waals surface area contributed by atoms with E-state index in [1.807, 2.05) is 73.8 Å². The predicted molar refractivity (Wildman–Crippen MR) is 109 cm³/mol. The third-order valence-electron chi connectivity index (χ3n) is 5.06. The number of carbonyl (C=O) groups is 2. The summed E-state index contributed by atoms with van der Waals surface area (Å²) in [6.07, 6.45) is 2.38. The predicted octanol–water partition coefficient (Wildman–Crippen LogP) is 3.73. The number of nitrogens with zero attached hydrogens (tertiary/aromatic N) is 2. The van der Waals surface area contributed by atoms with Crippen LogP contribution in [0.4, 0.5) is 5.69 Å². The summed E-state index contributed by atoms with van der Waals surface area (Å²) >= 11 is 0. The smallest absolute Gasteiger partial charge is 0.227 e. The van der Waals surface area contributed by atoms with Crippen LogP contribution in [0.2, 0.25) is 0 Å². The first kappa shape index (κ1) is 18.0. The first-order valence-electron chi connectivity index (χ1n) is 9.50. The van der Waals surface area contributed by atoms with E-state index in [9.17, 15) is 9.59 Å². The average molecular weight is 373 g/mol. The summed E-state index contributed by atoms with van der Waals surface area (Å²) in [7, 11) is 0. The molecule has 0 radical (unpaired) electrons. The molecule has 4 rings (SSSR count). The third kappa shape index (κ3) is 3.69. The molecule has 0 unspecified atom stereocenters. The van der Waals surface area contributed by atoms with E-state index in [1.54, 1.807) is 4.90 Å². The molecule has 0 saturated carbocycles. The summed E-state index contributed by atoms with van der Waals surface area (Å²) in [5.74, 6) is -0.145. The van der Waals surface area contributed by atoms with Gasteiger partial charge in [0.2, 0.25) is 11.8 Å². The first-order chi connectivity index (χ1) is 13.6. The Morgan fingerprint density at radius 3 is 2.46 bits per heavy atom. The average Bonchev–Trinajstić information content (AvgIpc) is 3.20. The molecule has 2 amide bonds. The Morgan fingerprint density at radius 1 is 0.929 bits per heavy atom. The van der Waals surface area contributed by atoms with E-state index < -0.39 is 0 Å². The van der Waals surface area contributed by atoms with Crippen LogP contribution in [0.5, 0.6) is 0 Å². The largest absolute Gasteiger partial charge is 0.352 e. The first-order valence-corrected chi connectivity index (χ1v) is 9.50. The third-order valence-corrected chi connectivity index (χ3v) is 5.06. The van der Waals surface area contributed by atoms with Gasteiger partial charge in [-0.25, -0.2) is 0 Å². The van der Waals surface area contributed by atoms with Crippen molar-refractivity contribution in [2.24, 2.45) is 0 Å². The number of benzene rings is 2. The van der Waals surface area contributed by atoms with E-state index in [0.717, 1.165) is 22.6 Å². The second-order valence-electron chi connectivity index (χ2n) is 7.10. The summed E-state index contributed by atoms with van der Waals surface area (Å²) in [5, 5.41) is 2.89. The maximum atomic E-state index is 12.8. The number of carbonyl (C=O) groups excluding carboxylic acids is 2. The van der Waals surface area contributed by atoms with Crippen LogP contribution in [-0.2, 0) is 22.7 Å². The van der Waals surface area contributed by atoms with E-state index in [4.69, 9.17) is 0 Å². The zero-order valence-corrected chi connectivity index (χ0v) is 15.9. The van der Waals surface area contributed by atoms with E-state index >= 15 is 0 Å². The van der Waals surface area contributed by atoms with Gasteiger partial charge in [-0.15, -0.1) is 0 Å². The summed E-state index contributed by atoms with van der Waals surface area (Å²) in [5.41, 5.74) is 5.18. The van der Waals surface area contributed by atoms with E-state index in [-0.39, 0.29) is 24.7 Å². The molecular weight excluding hydrogens is 350 g/mol. The van der Waals surface area contributed by atoms with Crippen molar-refractivity contribution < 1.29 is 9.59 Å². The Labute approximate surface area is 164 Å². The number of aromatic nitrogens is 1. The van der Waals surface area contributed by atoms with Gasteiger partial charge in [0, 0.05) is 31.3 Å². The molecule has 1 N–H and O–H groups in total. The van der Waals surface area contributed by atoms with Gasteiger partial charge in [0.15, 0.2) is 0 Å². The lowest BCUT2D eigenvalue weighted by atomic mass is 10.1. The van der Waals surface area contributed by atoms with Crippen molar-refractivity contribution in [3.8, 4) is 5.69 Å². The summed E-state index contributed by atoms with van der Waals surface area (Å²) in [6, 6.07) is 19.9. The molecule has 1 aliphatic heterocycles. The lowest BCUT2D eigenvalue weighted by Gasteiger charge is -2.31. The van der Waals surface area contributed by atoms with Gasteiger partial charge in [-0.05, 0) is 36.8 Å². The molecule has 0 saturated heterocycles.